The second-order valence-electron chi connectivity index (χ2n) is 7.13. The number of halogens is 1. The van der Waals surface area contributed by atoms with Crippen molar-refractivity contribution in [3.63, 3.8) is 0 Å². The van der Waals surface area contributed by atoms with Gasteiger partial charge in [0.05, 0.1) is 12.6 Å². The number of likely N-dealkylation sites (N-methyl/N-ethyl adjacent to an activating group) is 1. The molecule has 1 unspecified atom stereocenters. The highest BCUT2D eigenvalue weighted by Crippen LogP contribution is 2.27. The summed E-state index contributed by atoms with van der Waals surface area (Å²) in [5.74, 6) is -0.362. The molecule has 28 heavy (non-hydrogen) atoms. The van der Waals surface area contributed by atoms with E-state index in [-0.39, 0.29) is 24.3 Å². The molecule has 0 radical (unpaired) electrons. The van der Waals surface area contributed by atoms with Gasteiger partial charge in [-0.3, -0.25) is 9.69 Å². The molecule has 3 nitrogen and oxygen atoms in total. The Hall–Kier alpha value is -2.98. The summed E-state index contributed by atoms with van der Waals surface area (Å²) in [6, 6.07) is 22.1. The predicted molar refractivity (Wildman–Crippen MR) is 112 cm³/mol. The molecule has 3 rings (SSSR count). The molecule has 0 aliphatic carbocycles. The summed E-state index contributed by atoms with van der Waals surface area (Å²) in [4.78, 5) is 14.6. The number of benzene rings is 3. The van der Waals surface area contributed by atoms with Gasteiger partial charge in [-0.1, -0.05) is 48.5 Å². The highest BCUT2D eigenvalue weighted by Gasteiger charge is 2.21. The lowest BCUT2D eigenvalue weighted by Gasteiger charge is -2.28. The first kappa shape index (κ1) is 19.8. The van der Waals surface area contributed by atoms with Crippen molar-refractivity contribution >= 4 is 11.6 Å². The lowest BCUT2D eigenvalue weighted by molar-refractivity contribution is -0.117. The molecule has 144 valence electrons. The number of carbonyl (C=O) groups is 1. The molecule has 0 fully saturated rings. The number of hydrogen-bond acceptors (Lipinski definition) is 2. The van der Waals surface area contributed by atoms with E-state index in [1.54, 1.807) is 12.1 Å². The normalized spacial score (nSPS) is 12.0. The van der Waals surface area contributed by atoms with Gasteiger partial charge in [-0.25, -0.2) is 4.39 Å². The van der Waals surface area contributed by atoms with Gasteiger partial charge in [0.25, 0.3) is 0 Å². The summed E-state index contributed by atoms with van der Waals surface area (Å²) in [6.45, 7) is 4.28. The summed E-state index contributed by atoms with van der Waals surface area (Å²) in [7, 11) is 1.90. The third-order valence-corrected chi connectivity index (χ3v) is 4.93. The van der Waals surface area contributed by atoms with Gasteiger partial charge in [-0.05, 0) is 67.4 Å². The van der Waals surface area contributed by atoms with E-state index in [0.717, 1.165) is 22.4 Å². The van der Waals surface area contributed by atoms with Crippen LogP contribution in [0, 0.1) is 19.7 Å². The maximum absolute atomic E-state index is 13.4. The van der Waals surface area contributed by atoms with Gasteiger partial charge in [0, 0.05) is 5.69 Å². The van der Waals surface area contributed by atoms with Gasteiger partial charge >= 0.3 is 0 Å². The zero-order valence-corrected chi connectivity index (χ0v) is 16.4. The maximum atomic E-state index is 13.4. The van der Waals surface area contributed by atoms with Crippen LogP contribution in [0.4, 0.5) is 10.1 Å². The number of anilines is 1. The monoisotopic (exact) mass is 376 g/mol. The molecular formula is C24H25FN2O. The van der Waals surface area contributed by atoms with Crippen molar-refractivity contribution < 1.29 is 9.18 Å². The van der Waals surface area contributed by atoms with Crippen molar-refractivity contribution in [3.8, 4) is 0 Å². The van der Waals surface area contributed by atoms with Gasteiger partial charge in [0.1, 0.15) is 5.82 Å². The maximum Gasteiger partial charge on any atom is 0.238 e. The Kier molecular flexibility index (Phi) is 6.22. The first-order valence-corrected chi connectivity index (χ1v) is 9.32. The van der Waals surface area contributed by atoms with Crippen molar-refractivity contribution in [2.75, 3.05) is 18.9 Å². The number of carbonyl (C=O) groups excluding carboxylic acids is 1. The van der Waals surface area contributed by atoms with Gasteiger partial charge < -0.3 is 5.32 Å². The van der Waals surface area contributed by atoms with E-state index in [4.69, 9.17) is 0 Å². The second-order valence-corrected chi connectivity index (χ2v) is 7.13. The summed E-state index contributed by atoms with van der Waals surface area (Å²) in [5, 5.41) is 2.97. The zero-order chi connectivity index (χ0) is 20.1. The molecular weight excluding hydrogens is 351 g/mol. The van der Waals surface area contributed by atoms with E-state index in [2.05, 4.69) is 5.32 Å². The van der Waals surface area contributed by atoms with E-state index < -0.39 is 0 Å². The Balaban J connectivity index is 1.79. The molecule has 0 saturated heterocycles. The largest absolute Gasteiger partial charge is 0.325 e. The van der Waals surface area contributed by atoms with Crippen LogP contribution in [0.3, 0.4) is 0 Å². The molecule has 0 bridgehead atoms. The molecule has 0 saturated carbocycles. The number of nitrogens with zero attached hydrogens (tertiary/aromatic N) is 1. The molecule has 1 N–H and O–H groups in total. The van der Waals surface area contributed by atoms with Crippen LogP contribution in [0.15, 0.2) is 72.8 Å². The quantitative estimate of drug-likeness (QED) is 0.649. The summed E-state index contributed by atoms with van der Waals surface area (Å²) in [6.07, 6.45) is 0. The molecule has 3 aromatic carbocycles. The topological polar surface area (TPSA) is 32.3 Å². The molecule has 3 aromatic rings. The first-order valence-electron chi connectivity index (χ1n) is 9.32. The lowest BCUT2D eigenvalue weighted by Crippen LogP contribution is -2.34. The van der Waals surface area contributed by atoms with Crippen molar-refractivity contribution in [3.05, 3.63) is 101 Å². The standard InChI is InChI=1S/C24H25FN2O/c1-17-9-14-22(15-18(17)2)26-23(28)16-27(3)24(19-7-5-4-6-8-19)20-10-12-21(25)13-11-20/h4-15,24H,16H2,1-3H3,(H,26,28). The molecule has 4 heteroatoms. The van der Waals surface area contributed by atoms with Crippen LogP contribution in [0.5, 0.6) is 0 Å². The van der Waals surface area contributed by atoms with E-state index >= 15 is 0 Å². The summed E-state index contributed by atoms with van der Waals surface area (Å²) < 4.78 is 13.4. The fourth-order valence-electron chi connectivity index (χ4n) is 3.32. The fraction of sp³-hybridized carbons (Fsp3) is 0.208. The second kappa shape index (κ2) is 8.81. The molecule has 1 atom stereocenters. The van der Waals surface area contributed by atoms with Crippen LogP contribution in [0.1, 0.15) is 28.3 Å². The van der Waals surface area contributed by atoms with Gasteiger partial charge in [-0.15, -0.1) is 0 Å². The zero-order valence-electron chi connectivity index (χ0n) is 16.4. The number of nitrogens with one attached hydrogen (secondary N) is 1. The number of rotatable bonds is 6. The van der Waals surface area contributed by atoms with Crippen molar-refractivity contribution in [2.24, 2.45) is 0 Å². The summed E-state index contributed by atoms with van der Waals surface area (Å²) in [5.41, 5.74) is 5.11. The molecule has 0 aliphatic heterocycles. The molecule has 0 spiro atoms. The molecule has 0 heterocycles. The third kappa shape index (κ3) is 4.84. The van der Waals surface area contributed by atoms with Crippen molar-refractivity contribution in [2.45, 2.75) is 19.9 Å². The van der Waals surface area contributed by atoms with Crippen LogP contribution in [0.25, 0.3) is 0 Å². The molecule has 0 aliphatic rings. The first-order chi connectivity index (χ1) is 13.4. The Labute approximate surface area is 165 Å². The fourth-order valence-corrected chi connectivity index (χ4v) is 3.32. The van der Waals surface area contributed by atoms with E-state index in [1.165, 1.54) is 17.7 Å². The Bertz CT molecular complexity index is 939. The predicted octanol–water partition coefficient (Wildman–Crippen LogP) is 5.10. The smallest absolute Gasteiger partial charge is 0.238 e. The van der Waals surface area contributed by atoms with E-state index in [1.807, 2.05) is 74.3 Å². The highest BCUT2D eigenvalue weighted by atomic mass is 19.1. The highest BCUT2D eigenvalue weighted by molar-refractivity contribution is 5.92. The minimum atomic E-state index is -0.273. The number of hydrogen-bond donors (Lipinski definition) is 1. The summed E-state index contributed by atoms with van der Waals surface area (Å²) >= 11 is 0. The Morgan fingerprint density at radius 1 is 0.929 bits per heavy atom. The minimum absolute atomic E-state index is 0.0891. The van der Waals surface area contributed by atoms with Crippen LogP contribution in [0.2, 0.25) is 0 Å². The molecule has 1 amide bonds. The Morgan fingerprint density at radius 3 is 2.21 bits per heavy atom. The van der Waals surface area contributed by atoms with E-state index in [9.17, 15) is 9.18 Å². The van der Waals surface area contributed by atoms with Gasteiger partial charge in [-0.2, -0.15) is 0 Å². The third-order valence-electron chi connectivity index (χ3n) is 4.93. The van der Waals surface area contributed by atoms with E-state index in [0.29, 0.717) is 0 Å². The average Bonchev–Trinajstić information content (AvgIpc) is 2.67. The lowest BCUT2D eigenvalue weighted by atomic mass is 9.97. The number of amides is 1. The van der Waals surface area contributed by atoms with Gasteiger partial charge in [0.2, 0.25) is 5.91 Å². The molecule has 0 aromatic heterocycles. The van der Waals surface area contributed by atoms with Crippen LogP contribution in [-0.4, -0.2) is 24.4 Å². The van der Waals surface area contributed by atoms with Crippen molar-refractivity contribution in [1.29, 1.82) is 0 Å². The average molecular weight is 376 g/mol. The SMILES string of the molecule is Cc1ccc(NC(=O)CN(C)C(c2ccccc2)c2ccc(F)cc2)cc1C. The van der Waals surface area contributed by atoms with Crippen LogP contribution >= 0.6 is 0 Å². The van der Waals surface area contributed by atoms with Gasteiger partial charge in [0.15, 0.2) is 0 Å². The minimum Gasteiger partial charge on any atom is -0.325 e. The van der Waals surface area contributed by atoms with Crippen LogP contribution < -0.4 is 5.32 Å². The Morgan fingerprint density at radius 2 is 1.57 bits per heavy atom. The van der Waals surface area contributed by atoms with Crippen molar-refractivity contribution in [1.82, 2.24) is 4.90 Å². The van der Waals surface area contributed by atoms with Crippen LogP contribution in [-0.2, 0) is 4.79 Å². The number of aryl methyl sites for hydroxylation is 2.